The van der Waals surface area contributed by atoms with Crippen molar-refractivity contribution in [2.24, 2.45) is 10.8 Å². The van der Waals surface area contributed by atoms with Crippen molar-refractivity contribution >= 4 is 23.5 Å². The summed E-state index contributed by atoms with van der Waals surface area (Å²) in [6.07, 6.45) is 1.57. The van der Waals surface area contributed by atoms with Crippen LogP contribution in [0.15, 0.2) is 29.4 Å². The first-order valence-corrected chi connectivity index (χ1v) is 4.22. The highest BCUT2D eigenvalue weighted by atomic mass is 32.1. The summed E-state index contributed by atoms with van der Waals surface area (Å²) in [4.78, 5) is 0. The van der Waals surface area contributed by atoms with Gasteiger partial charge in [0.1, 0.15) is 0 Å². The Kier molecular flexibility index (Phi) is 3.58. The number of nitrogens with zero attached hydrogens (tertiary/aromatic N) is 2. The van der Waals surface area contributed by atoms with Crippen LogP contribution < -0.4 is 11.2 Å². The van der Waals surface area contributed by atoms with Crippen LogP contribution >= 0.6 is 12.2 Å². The molecule has 0 fully saturated rings. The summed E-state index contributed by atoms with van der Waals surface area (Å²) >= 11 is 4.56. The van der Waals surface area contributed by atoms with Crippen molar-refractivity contribution in [2.45, 2.75) is 0 Å². The number of hydrazone groups is 1. The Balaban J connectivity index is 2.65. The maximum atomic E-state index is 8.55. The highest BCUT2D eigenvalue weighted by molar-refractivity contribution is 7.80. The second kappa shape index (κ2) is 4.94. The Morgan fingerprint density at radius 1 is 1.50 bits per heavy atom. The molecule has 0 saturated carbocycles. The number of nitrogens with two attached hydrogens (primary N) is 1. The minimum absolute atomic E-state index is 0.120. The van der Waals surface area contributed by atoms with Gasteiger partial charge in [0.2, 0.25) is 0 Å². The van der Waals surface area contributed by atoms with Gasteiger partial charge in [-0.1, -0.05) is 12.1 Å². The molecule has 3 N–H and O–H groups in total. The van der Waals surface area contributed by atoms with Crippen molar-refractivity contribution in [3.63, 3.8) is 0 Å². The van der Waals surface area contributed by atoms with Crippen molar-refractivity contribution in [1.29, 1.82) is 5.26 Å². The van der Waals surface area contributed by atoms with Crippen LogP contribution in [0.4, 0.5) is 0 Å². The molecule has 70 valence electrons. The highest BCUT2D eigenvalue weighted by Gasteiger charge is 1.89. The number of hydrogen-bond acceptors (Lipinski definition) is 3. The minimum Gasteiger partial charge on any atom is -0.375 e. The maximum Gasteiger partial charge on any atom is 0.184 e. The number of rotatable bonds is 2. The summed E-state index contributed by atoms with van der Waals surface area (Å²) < 4.78 is 0. The van der Waals surface area contributed by atoms with Gasteiger partial charge in [-0.25, -0.2) is 0 Å². The average Bonchev–Trinajstić information content (AvgIpc) is 2.18. The fourth-order valence-corrected chi connectivity index (χ4v) is 0.867. The van der Waals surface area contributed by atoms with Crippen LogP contribution in [-0.4, -0.2) is 11.3 Å². The van der Waals surface area contributed by atoms with Gasteiger partial charge in [-0.15, -0.1) is 0 Å². The largest absolute Gasteiger partial charge is 0.375 e. The molecular weight excluding hydrogens is 196 g/mol. The van der Waals surface area contributed by atoms with Gasteiger partial charge >= 0.3 is 0 Å². The zero-order valence-corrected chi connectivity index (χ0v) is 8.08. The van der Waals surface area contributed by atoms with Crippen LogP contribution in [0.5, 0.6) is 0 Å². The van der Waals surface area contributed by atoms with Gasteiger partial charge in [0.05, 0.1) is 17.8 Å². The summed E-state index contributed by atoms with van der Waals surface area (Å²) in [5.41, 5.74) is 9.09. The van der Waals surface area contributed by atoms with Crippen LogP contribution in [0.1, 0.15) is 11.1 Å². The number of benzene rings is 1. The van der Waals surface area contributed by atoms with Gasteiger partial charge in [-0.2, -0.15) is 10.4 Å². The van der Waals surface area contributed by atoms with Crippen molar-refractivity contribution in [1.82, 2.24) is 5.43 Å². The molecule has 0 heterocycles. The Labute approximate surface area is 87.0 Å². The summed E-state index contributed by atoms with van der Waals surface area (Å²) in [5.74, 6) is 0. The number of nitriles is 1. The molecule has 5 heteroatoms. The van der Waals surface area contributed by atoms with Crippen LogP contribution in [0.3, 0.4) is 0 Å². The van der Waals surface area contributed by atoms with E-state index in [0.29, 0.717) is 5.56 Å². The molecule has 0 amide bonds. The molecule has 0 bridgehead atoms. The van der Waals surface area contributed by atoms with E-state index < -0.39 is 0 Å². The summed E-state index contributed by atoms with van der Waals surface area (Å²) in [6, 6.07) is 9.01. The zero-order valence-electron chi connectivity index (χ0n) is 7.27. The van der Waals surface area contributed by atoms with Crippen molar-refractivity contribution in [3.8, 4) is 6.07 Å². The first kappa shape index (κ1) is 10.2. The number of nitrogens with one attached hydrogen (secondary N) is 1. The second-order valence-electron chi connectivity index (χ2n) is 2.47. The van der Waals surface area contributed by atoms with E-state index >= 15 is 0 Å². The lowest BCUT2D eigenvalue weighted by atomic mass is 10.2. The van der Waals surface area contributed by atoms with Crippen LogP contribution in [0.25, 0.3) is 0 Å². The van der Waals surface area contributed by atoms with E-state index in [1.807, 2.05) is 6.07 Å². The van der Waals surface area contributed by atoms with Gasteiger partial charge in [0, 0.05) is 0 Å². The lowest BCUT2D eigenvalue weighted by Crippen LogP contribution is -2.23. The van der Waals surface area contributed by atoms with E-state index in [1.54, 1.807) is 30.5 Å². The second-order valence-corrected chi connectivity index (χ2v) is 2.91. The fourth-order valence-electron chi connectivity index (χ4n) is 0.814. The van der Waals surface area contributed by atoms with E-state index in [-0.39, 0.29) is 5.11 Å². The first-order chi connectivity index (χ1) is 6.72. The van der Waals surface area contributed by atoms with Crippen molar-refractivity contribution in [3.05, 3.63) is 35.4 Å². The molecule has 4 nitrogen and oxygen atoms in total. The Bertz CT molecular complexity index is 388. The lowest BCUT2D eigenvalue weighted by Gasteiger charge is -1.94. The van der Waals surface area contributed by atoms with Gasteiger partial charge in [0.25, 0.3) is 0 Å². The third-order valence-corrected chi connectivity index (χ3v) is 1.52. The number of hydrogen-bond donors (Lipinski definition) is 2. The molecule has 14 heavy (non-hydrogen) atoms. The zero-order chi connectivity index (χ0) is 10.4. The van der Waals surface area contributed by atoms with Crippen LogP contribution in [0.2, 0.25) is 0 Å². The third kappa shape index (κ3) is 3.21. The molecule has 0 radical (unpaired) electrons. The molecule has 0 spiro atoms. The van der Waals surface area contributed by atoms with Crippen LogP contribution in [0, 0.1) is 11.3 Å². The lowest BCUT2D eigenvalue weighted by molar-refractivity contribution is 1.04. The Morgan fingerprint density at radius 2 is 2.14 bits per heavy atom. The molecule has 0 aliphatic rings. The van der Waals surface area contributed by atoms with Crippen molar-refractivity contribution in [2.75, 3.05) is 0 Å². The summed E-state index contributed by atoms with van der Waals surface area (Å²) in [6.45, 7) is 0. The maximum absolute atomic E-state index is 8.55. The SMILES string of the molecule is N#Cc1ccc(/C=N/NC(N)=S)cc1. The van der Waals surface area contributed by atoms with Gasteiger partial charge in [0.15, 0.2) is 5.11 Å². The minimum atomic E-state index is 0.120. The predicted octanol–water partition coefficient (Wildman–Crippen LogP) is 0.725. The summed E-state index contributed by atoms with van der Waals surface area (Å²) in [7, 11) is 0. The fraction of sp³-hybridized carbons (Fsp3) is 0. The Morgan fingerprint density at radius 3 is 2.64 bits per heavy atom. The topological polar surface area (TPSA) is 74.2 Å². The molecule has 0 aromatic heterocycles. The van der Waals surface area contributed by atoms with Gasteiger partial charge < -0.3 is 5.73 Å². The van der Waals surface area contributed by atoms with Crippen molar-refractivity contribution < 1.29 is 0 Å². The Hall–Kier alpha value is -1.93. The van der Waals surface area contributed by atoms with Gasteiger partial charge in [-0.3, -0.25) is 5.43 Å². The van der Waals surface area contributed by atoms with E-state index in [4.69, 9.17) is 11.0 Å². The molecule has 0 atom stereocenters. The smallest absolute Gasteiger partial charge is 0.184 e. The standard InChI is InChI=1S/C9H8N4S/c10-5-7-1-3-8(4-2-7)6-12-13-9(11)14/h1-4,6H,(H3,11,13,14)/b12-6+. The predicted molar refractivity (Wildman–Crippen MR) is 58.7 cm³/mol. The van der Waals surface area contributed by atoms with E-state index in [9.17, 15) is 0 Å². The molecule has 0 saturated heterocycles. The molecule has 1 rings (SSSR count). The highest BCUT2D eigenvalue weighted by Crippen LogP contribution is 2.00. The molecular formula is C9H8N4S. The van der Waals surface area contributed by atoms with Crippen LogP contribution in [-0.2, 0) is 0 Å². The van der Waals surface area contributed by atoms with E-state index in [0.717, 1.165) is 5.56 Å². The molecule has 0 aliphatic heterocycles. The van der Waals surface area contributed by atoms with Gasteiger partial charge in [-0.05, 0) is 29.9 Å². The average molecular weight is 204 g/mol. The first-order valence-electron chi connectivity index (χ1n) is 3.81. The molecule has 1 aromatic carbocycles. The molecule has 0 aliphatic carbocycles. The summed E-state index contributed by atoms with van der Waals surface area (Å²) in [5, 5.41) is 12.4. The molecule has 1 aromatic rings. The van der Waals surface area contributed by atoms with E-state index in [2.05, 4.69) is 22.7 Å². The number of thiocarbonyl (C=S) groups is 1. The normalized spacial score (nSPS) is 9.64. The molecule has 0 unspecified atom stereocenters. The van der Waals surface area contributed by atoms with E-state index in [1.165, 1.54) is 0 Å². The monoisotopic (exact) mass is 204 g/mol. The third-order valence-electron chi connectivity index (χ3n) is 1.43. The quantitative estimate of drug-likeness (QED) is 0.423.